The summed E-state index contributed by atoms with van der Waals surface area (Å²) in [5.74, 6) is -2.48. The van der Waals surface area contributed by atoms with Crippen LogP contribution in [0.5, 0.6) is 0 Å². The average Bonchev–Trinajstić information content (AvgIpc) is 1.81. The van der Waals surface area contributed by atoms with E-state index in [0.29, 0.717) is 4.90 Å². The van der Waals surface area contributed by atoms with E-state index < -0.39 is 24.1 Å². The summed E-state index contributed by atoms with van der Waals surface area (Å²) in [6, 6.07) is 0. The molecule has 0 unspecified atom stereocenters. The molecule has 0 aromatic heterocycles. The Bertz CT molecular complexity index is 255. The highest BCUT2D eigenvalue weighted by Crippen LogP contribution is 1.97. The molecule has 0 bridgehead atoms. The maximum Gasteiger partial charge on any atom is 0.243 e. The molecule has 0 atom stereocenters. The van der Waals surface area contributed by atoms with Gasteiger partial charge in [-0.3, -0.25) is 19.2 Å². The van der Waals surface area contributed by atoms with Crippen molar-refractivity contribution in [3.63, 3.8) is 0 Å². The molecule has 0 fully saturated rings. The number of hydrogen-bond acceptors (Lipinski definition) is 4. The molecular weight excluding hydrogens is 174 g/mol. The van der Waals surface area contributed by atoms with E-state index in [1.54, 1.807) is 0 Å². The van der Waals surface area contributed by atoms with Crippen LogP contribution < -0.4 is 0 Å². The second-order valence-electron chi connectivity index (χ2n) is 2.65. The number of carbonyl (C=O) groups excluding carboxylic acids is 4. The number of imide groups is 3. The molecule has 13 heavy (non-hydrogen) atoms. The molecule has 0 aromatic carbocycles. The number of Topliss-reactive ketones (excluding diaryl/α,β-unsaturated/α-hetero) is 1. The van der Waals surface area contributed by atoms with Crippen molar-refractivity contribution in [3.8, 4) is 0 Å². The molecule has 0 aliphatic rings. The number of nitrogens with zero attached hydrogens (tertiary/aromatic N) is 1. The highest BCUT2D eigenvalue weighted by atomic mass is 16.2. The van der Waals surface area contributed by atoms with Gasteiger partial charge in [0.2, 0.25) is 17.7 Å². The van der Waals surface area contributed by atoms with Crippen LogP contribution in [0.2, 0.25) is 0 Å². The quantitative estimate of drug-likeness (QED) is 0.562. The van der Waals surface area contributed by atoms with Gasteiger partial charge in [0.05, 0.1) is 6.42 Å². The van der Waals surface area contributed by atoms with Crippen LogP contribution in [0.25, 0.3) is 0 Å². The van der Waals surface area contributed by atoms with Crippen molar-refractivity contribution in [2.24, 2.45) is 0 Å². The molecule has 5 heteroatoms. The first-order chi connectivity index (χ1) is 5.86. The number of hydrogen-bond donors (Lipinski definition) is 0. The van der Waals surface area contributed by atoms with Gasteiger partial charge < -0.3 is 0 Å². The summed E-state index contributed by atoms with van der Waals surface area (Å²) in [6.45, 7) is 3.41. The molecule has 5 nitrogen and oxygen atoms in total. The minimum atomic E-state index is -0.771. The van der Waals surface area contributed by atoms with E-state index in [9.17, 15) is 19.2 Å². The first kappa shape index (κ1) is 11.5. The number of amides is 3. The first-order valence-corrected chi connectivity index (χ1v) is 3.69. The molecule has 0 spiro atoms. The monoisotopic (exact) mass is 185 g/mol. The molecule has 0 N–H and O–H groups in total. The fourth-order valence-corrected chi connectivity index (χ4v) is 0.865. The zero-order chi connectivity index (χ0) is 10.6. The maximum absolute atomic E-state index is 11.1. The van der Waals surface area contributed by atoms with E-state index in [2.05, 4.69) is 0 Å². The molecular formula is C8H11NO4. The maximum atomic E-state index is 11.1. The minimum Gasteiger partial charge on any atom is -0.299 e. The second kappa shape index (κ2) is 4.49. The second-order valence-corrected chi connectivity index (χ2v) is 2.65. The summed E-state index contributed by atoms with van der Waals surface area (Å²) in [7, 11) is 0. The van der Waals surface area contributed by atoms with Gasteiger partial charge in [0, 0.05) is 13.8 Å². The van der Waals surface area contributed by atoms with Crippen LogP contribution >= 0.6 is 0 Å². The van der Waals surface area contributed by atoms with Crippen LogP contribution in [-0.2, 0) is 19.2 Å². The third kappa shape index (κ3) is 3.59. The lowest BCUT2D eigenvalue weighted by Crippen LogP contribution is -2.39. The third-order valence-corrected chi connectivity index (χ3v) is 1.28. The first-order valence-electron chi connectivity index (χ1n) is 3.69. The normalized spacial score (nSPS) is 9.15. The van der Waals surface area contributed by atoms with E-state index in [4.69, 9.17) is 0 Å². The average molecular weight is 185 g/mol. The van der Waals surface area contributed by atoms with E-state index in [1.807, 2.05) is 0 Å². The van der Waals surface area contributed by atoms with Crippen LogP contribution in [0.3, 0.4) is 0 Å². The van der Waals surface area contributed by atoms with Crippen LogP contribution in [0.4, 0.5) is 0 Å². The van der Waals surface area contributed by atoms with Gasteiger partial charge in [0.25, 0.3) is 0 Å². The Balaban J connectivity index is 4.57. The summed E-state index contributed by atoms with van der Waals surface area (Å²) in [4.78, 5) is 43.7. The van der Waals surface area contributed by atoms with Gasteiger partial charge in [0.1, 0.15) is 5.78 Å². The molecule has 0 aliphatic heterocycles. The zero-order valence-corrected chi connectivity index (χ0v) is 7.79. The molecule has 72 valence electrons. The fourth-order valence-electron chi connectivity index (χ4n) is 0.865. The topological polar surface area (TPSA) is 71.5 Å². The van der Waals surface area contributed by atoms with Crippen molar-refractivity contribution >= 4 is 23.5 Å². The molecule has 0 aliphatic carbocycles. The standard InChI is InChI=1S/C8H11NO4/c1-5(10)4-8(13)9(6(2)11)7(3)12/h4H2,1-3H3. The molecule has 3 amide bonds. The lowest BCUT2D eigenvalue weighted by Gasteiger charge is -2.13. The highest BCUT2D eigenvalue weighted by Gasteiger charge is 2.22. The summed E-state index contributed by atoms with van der Waals surface area (Å²) in [5, 5.41) is 0. The van der Waals surface area contributed by atoms with Crippen molar-refractivity contribution in [3.05, 3.63) is 0 Å². The molecule has 0 saturated heterocycles. The predicted octanol–water partition coefficient (Wildman–Crippen LogP) is -0.113. The lowest BCUT2D eigenvalue weighted by molar-refractivity contribution is -0.152. The van der Waals surface area contributed by atoms with Crippen LogP contribution in [0.1, 0.15) is 27.2 Å². The minimum absolute atomic E-state index is 0.377. The number of carbonyl (C=O) groups is 4. The largest absolute Gasteiger partial charge is 0.299 e. The molecule has 0 radical (unpaired) electrons. The summed E-state index contributed by atoms with van der Waals surface area (Å²) >= 11 is 0. The van der Waals surface area contributed by atoms with Crippen molar-refractivity contribution in [2.45, 2.75) is 27.2 Å². The van der Waals surface area contributed by atoms with Crippen LogP contribution in [0, 0.1) is 0 Å². The van der Waals surface area contributed by atoms with E-state index >= 15 is 0 Å². The number of ketones is 1. The Morgan fingerprint density at radius 1 is 0.923 bits per heavy atom. The van der Waals surface area contributed by atoms with Gasteiger partial charge in [0.15, 0.2) is 0 Å². The Morgan fingerprint density at radius 3 is 1.54 bits per heavy atom. The summed E-state index contributed by atoms with van der Waals surface area (Å²) in [5.41, 5.74) is 0. The summed E-state index contributed by atoms with van der Waals surface area (Å²) in [6.07, 6.45) is -0.418. The van der Waals surface area contributed by atoms with Gasteiger partial charge in [-0.15, -0.1) is 0 Å². The van der Waals surface area contributed by atoms with Crippen LogP contribution in [-0.4, -0.2) is 28.4 Å². The predicted molar refractivity (Wildman–Crippen MR) is 43.5 cm³/mol. The van der Waals surface area contributed by atoms with Gasteiger partial charge >= 0.3 is 0 Å². The van der Waals surface area contributed by atoms with E-state index in [0.717, 1.165) is 13.8 Å². The Labute approximate surface area is 75.7 Å². The number of rotatable bonds is 2. The Morgan fingerprint density at radius 2 is 1.31 bits per heavy atom. The third-order valence-electron chi connectivity index (χ3n) is 1.28. The SMILES string of the molecule is CC(=O)CC(=O)N(C(C)=O)C(C)=O. The fraction of sp³-hybridized carbons (Fsp3) is 0.500. The van der Waals surface area contributed by atoms with E-state index in [-0.39, 0.29) is 5.78 Å². The smallest absolute Gasteiger partial charge is 0.243 e. The van der Waals surface area contributed by atoms with Crippen molar-refractivity contribution in [1.29, 1.82) is 0 Å². The van der Waals surface area contributed by atoms with E-state index in [1.165, 1.54) is 6.92 Å². The molecule has 0 saturated carbocycles. The van der Waals surface area contributed by atoms with Gasteiger partial charge in [-0.1, -0.05) is 0 Å². The molecule has 0 rings (SSSR count). The lowest BCUT2D eigenvalue weighted by atomic mass is 10.2. The van der Waals surface area contributed by atoms with Gasteiger partial charge in [-0.2, -0.15) is 0 Å². The summed E-state index contributed by atoms with van der Waals surface area (Å²) < 4.78 is 0. The highest BCUT2D eigenvalue weighted by molar-refractivity contribution is 6.13. The molecule has 0 heterocycles. The van der Waals surface area contributed by atoms with Gasteiger partial charge in [-0.25, -0.2) is 4.90 Å². The Hall–Kier alpha value is -1.52. The van der Waals surface area contributed by atoms with Gasteiger partial charge in [-0.05, 0) is 6.92 Å². The van der Waals surface area contributed by atoms with Crippen molar-refractivity contribution in [2.75, 3.05) is 0 Å². The van der Waals surface area contributed by atoms with Crippen molar-refractivity contribution in [1.82, 2.24) is 4.90 Å². The van der Waals surface area contributed by atoms with Crippen LogP contribution in [0.15, 0.2) is 0 Å². The van der Waals surface area contributed by atoms with Crippen molar-refractivity contribution < 1.29 is 19.2 Å². The Kier molecular flexibility index (Phi) is 3.97. The molecule has 0 aromatic rings. The zero-order valence-electron chi connectivity index (χ0n) is 7.79.